The SMILES string of the molecule is O=C([O-])c1cnc[nH]1.[K+]. The molecule has 0 aliphatic rings. The van der Waals surface area contributed by atoms with E-state index >= 15 is 0 Å². The Morgan fingerprint density at radius 3 is 2.67 bits per heavy atom. The summed E-state index contributed by atoms with van der Waals surface area (Å²) in [6.07, 6.45) is 2.47. The number of aromatic amines is 1. The first kappa shape index (κ1) is 9.32. The molecule has 0 unspecified atom stereocenters. The predicted octanol–water partition coefficient (Wildman–Crippen LogP) is -4.22. The fraction of sp³-hybridized carbons (Fsp3) is 0. The molecule has 0 amide bonds. The zero-order valence-corrected chi connectivity index (χ0v) is 8.04. The minimum atomic E-state index is -1.23. The molecule has 0 aromatic carbocycles. The van der Waals surface area contributed by atoms with Gasteiger partial charge in [0.25, 0.3) is 0 Å². The van der Waals surface area contributed by atoms with E-state index in [4.69, 9.17) is 0 Å². The second kappa shape index (κ2) is 4.18. The van der Waals surface area contributed by atoms with Gasteiger partial charge >= 0.3 is 51.4 Å². The van der Waals surface area contributed by atoms with Crippen LogP contribution in [0.5, 0.6) is 0 Å². The number of carboxylic acids is 1. The van der Waals surface area contributed by atoms with Gasteiger partial charge in [-0.2, -0.15) is 0 Å². The van der Waals surface area contributed by atoms with Crippen molar-refractivity contribution in [3.05, 3.63) is 18.2 Å². The summed E-state index contributed by atoms with van der Waals surface area (Å²) >= 11 is 0. The summed E-state index contributed by atoms with van der Waals surface area (Å²) in [4.78, 5) is 15.7. The average Bonchev–Trinajstić information content (AvgIpc) is 2.12. The van der Waals surface area contributed by atoms with Crippen LogP contribution in [0.1, 0.15) is 10.5 Å². The second-order valence-electron chi connectivity index (χ2n) is 1.25. The largest absolute Gasteiger partial charge is 1.00 e. The third-order valence-corrected chi connectivity index (χ3v) is 0.718. The number of carboxylic acid groups (broad SMARTS) is 1. The maximum absolute atomic E-state index is 9.88. The van der Waals surface area contributed by atoms with E-state index in [0.717, 1.165) is 0 Å². The van der Waals surface area contributed by atoms with Gasteiger partial charge in [-0.15, -0.1) is 0 Å². The van der Waals surface area contributed by atoms with E-state index in [1.54, 1.807) is 0 Å². The Balaban J connectivity index is 0.000000640. The minimum Gasteiger partial charge on any atom is -0.543 e. The van der Waals surface area contributed by atoms with Crippen molar-refractivity contribution in [3.8, 4) is 0 Å². The Morgan fingerprint density at radius 2 is 2.44 bits per heavy atom. The van der Waals surface area contributed by atoms with Gasteiger partial charge in [-0.05, 0) is 0 Å². The molecule has 1 aromatic heterocycles. The number of nitrogens with zero attached hydrogens (tertiary/aromatic N) is 1. The number of hydrogen-bond acceptors (Lipinski definition) is 3. The molecule has 1 rings (SSSR count). The third-order valence-electron chi connectivity index (χ3n) is 0.718. The Hall–Kier alpha value is 0.316. The van der Waals surface area contributed by atoms with E-state index in [1.165, 1.54) is 12.5 Å². The van der Waals surface area contributed by atoms with E-state index in [1.807, 2.05) is 0 Å². The van der Waals surface area contributed by atoms with Gasteiger partial charge in [0.1, 0.15) is 0 Å². The van der Waals surface area contributed by atoms with Crippen molar-refractivity contribution in [3.63, 3.8) is 0 Å². The van der Waals surface area contributed by atoms with Crippen molar-refractivity contribution in [2.45, 2.75) is 0 Å². The van der Waals surface area contributed by atoms with Crippen LogP contribution in [0.3, 0.4) is 0 Å². The third kappa shape index (κ3) is 2.59. The average molecular weight is 150 g/mol. The zero-order valence-electron chi connectivity index (χ0n) is 4.92. The number of aromatic nitrogens is 2. The molecule has 0 radical (unpaired) electrons. The monoisotopic (exact) mass is 150 g/mol. The molecule has 0 aliphatic heterocycles. The van der Waals surface area contributed by atoms with E-state index < -0.39 is 5.97 Å². The zero-order chi connectivity index (χ0) is 5.98. The van der Waals surface area contributed by atoms with Crippen LogP contribution < -0.4 is 56.5 Å². The first-order chi connectivity index (χ1) is 3.80. The van der Waals surface area contributed by atoms with Gasteiger partial charge in [0.15, 0.2) is 0 Å². The summed E-state index contributed by atoms with van der Waals surface area (Å²) in [5.41, 5.74) is 0.00463. The summed E-state index contributed by atoms with van der Waals surface area (Å²) < 4.78 is 0. The van der Waals surface area contributed by atoms with Gasteiger partial charge in [-0.25, -0.2) is 4.98 Å². The van der Waals surface area contributed by atoms with E-state index in [-0.39, 0.29) is 57.1 Å². The van der Waals surface area contributed by atoms with Gasteiger partial charge < -0.3 is 14.9 Å². The van der Waals surface area contributed by atoms with Crippen molar-refractivity contribution < 1.29 is 61.3 Å². The van der Waals surface area contributed by atoms with Gasteiger partial charge in [0.2, 0.25) is 0 Å². The molecule has 0 saturated heterocycles. The smallest absolute Gasteiger partial charge is 0.543 e. The predicted molar refractivity (Wildman–Crippen MR) is 22.9 cm³/mol. The molecule has 0 fully saturated rings. The summed E-state index contributed by atoms with van der Waals surface area (Å²) in [7, 11) is 0. The van der Waals surface area contributed by atoms with Crippen LogP contribution in [0, 0.1) is 0 Å². The molecule has 0 saturated carbocycles. The number of aromatic carboxylic acids is 1. The number of carbonyl (C=O) groups is 1. The number of rotatable bonds is 1. The fourth-order valence-electron chi connectivity index (χ4n) is 0.368. The molecule has 5 heteroatoms. The standard InChI is InChI=1S/C4H4N2O2.K/c7-4(8)3-1-5-2-6-3;/h1-2H,(H,5,6)(H,7,8);/q;+1/p-1. The van der Waals surface area contributed by atoms with Crippen LogP contribution in [0.25, 0.3) is 0 Å². The first-order valence-electron chi connectivity index (χ1n) is 2.00. The Morgan fingerprint density at radius 1 is 1.78 bits per heavy atom. The first-order valence-corrected chi connectivity index (χ1v) is 2.00. The number of nitrogens with one attached hydrogen (secondary N) is 1. The number of H-pyrrole nitrogens is 1. The Bertz CT molecular complexity index is 184. The molecule has 0 spiro atoms. The quantitative estimate of drug-likeness (QED) is 0.412. The summed E-state index contributed by atoms with van der Waals surface area (Å²) in [6.45, 7) is 0. The molecular formula is C4H3KN2O2. The van der Waals surface area contributed by atoms with Crippen LogP contribution in [-0.2, 0) is 0 Å². The van der Waals surface area contributed by atoms with Crippen LogP contribution in [0.15, 0.2) is 12.5 Å². The molecule has 42 valence electrons. The summed E-state index contributed by atoms with van der Waals surface area (Å²) in [5.74, 6) is -1.23. The molecule has 4 nitrogen and oxygen atoms in total. The maximum atomic E-state index is 9.88. The number of imidazole rings is 1. The molecule has 1 aromatic rings. The molecule has 1 N–H and O–H groups in total. The molecule has 1 heterocycles. The van der Waals surface area contributed by atoms with E-state index in [2.05, 4.69) is 9.97 Å². The number of hydrogen-bond donors (Lipinski definition) is 1. The van der Waals surface area contributed by atoms with Crippen molar-refractivity contribution in [1.29, 1.82) is 0 Å². The van der Waals surface area contributed by atoms with E-state index in [0.29, 0.717) is 0 Å². The van der Waals surface area contributed by atoms with Crippen LogP contribution in [-0.4, -0.2) is 15.9 Å². The normalized spacial score (nSPS) is 8.00. The van der Waals surface area contributed by atoms with Crippen LogP contribution >= 0.6 is 0 Å². The summed E-state index contributed by atoms with van der Waals surface area (Å²) in [6, 6.07) is 0. The van der Waals surface area contributed by atoms with Gasteiger partial charge in [-0.3, -0.25) is 0 Å². The topological polar surface area (TPSA) is 68.8 Å². The van der Waals surface area contributed by atoms with Gasteiger partial charge in [0, 0.05) is 0 Å². The van der Waals surface area contributed by atoms with E-state index in [9.17, 15) is 9.90 Å². The molecule has 0 aliphatic carbocycles. The molecule has 0 atom stereocenters. The molecular weight excluding hydrogens is 147 g/mol. The van der Waals surface area contributed by atoms with Crippen molar-refractivity contribution in [2.75, 3.05) is 0 Å². The Labute approximate surface area is 94.1 Å². The second-order valence-corrected chi connectivity index (χ2v) is 1.25. The van der Waals surface area contributed by atoms with Crippen molar-refractivity contribution in [2.24, 2.45) is 0 Å². The number of carbonyl (C=O) groups excluding carboxylic acids is 1. The summed E-state index contributed by atoms with van der Waals surface area (Å²) in [5, 5.41) is 9.88. The van der Waals surface area contributed by atoms with Crippen LogP contribution in [0.4, 0.5) is 0 Å². The van der Waals surface area contributed by atoms with Crippen molar-refractivity contribution >= 4 is 5.97 Å². The van der Waals surface area contributed by atoms with Gasteiger partial charge in [-0.1, -0.05) is 0 Å². The minimum absolute atomic E-state index is 0. The molecule has 0 bridgehead atoms. The Kier molecular flexibility index (Phi) is 4.33. The van der Waals surface area contributed by atoms with Gasteiger partial charge in [0.05, 0.1) is 24.2 Å². The van der Waals surface area contributed by atoms with Crippen molar-refractivity contribution in [1.82, 2.24) is 9.97 Å². The molecule has 9 heavy (non-hydrogen) atoms. The maximum Gasteiger partial charge on any atom is 1.00 e. The van der Waals surface area contributed by atoms with Crippen LogP contribution in [0.2, 0.25) is 0 Å². The fourth-order valence-corrected chi connectivity index (χ4v) is 0.368.